The maximum atomic E-state index is 13.3. The van der Waals surface area contributed by atoms with Crippen molar-refractivity contribution in [2.75, 3.05) is 14.2 Å². The van der Waals surface area contributed by atoms with Gasteiger partial charge in [0, 0.05) is 23.5 Å². The van der Waals surface area contributed by atoms with Crippen LogP contribution in [-0.4, -0.2) is 35.8 Å². The third kappa shape index (κ3) is 2.34. The first-order valence-corrected chi connectivity index (χ1v) is 10.2. The van der Waals surface area contributed by atoms with Crippen LogP contribution in [0.4, 0.5) is 0 Å². The van der Waals surface area contributed by atoms with E-state index in [1.165, 1.54) is 0 Å². The predicted octanol–water partition coefficient (Wildman–Crippen LogP) is 4.04. The molecular weight excluding hydrogens is 404 g/mol. The van der Waals surface area contributed by atoms with Crippen LogP contribution in [0, 0.1) is 0 Å². The van der Waals surface area contributed by atoms with Gasteiger partial charge in [-0.05, 0) is 47.6 Å². The van der Waals surface area contributed by atoms with Gasteiger partial charge in [0.25, 0.3) is 11.8 Å². The summed E-state index contributed by atoms with van der Waals surface area (Å²) in [5.41, 5.74) is 5.73. The molecule has 32 heavy (non-hydrogen) atoms. The van der Waals surface area contributed by atoms with E-state index in [2.05, 4.69) is 0 Å². The molecule has 0 unspecified atom stereocenters. The lowest BCUT2D eigenvalue weighted by atomic mass is 9.99. The molecule has 0 aromatic heterocycles. The summed E-state index contributed by atoms with van der Waals surface area (Å²) < 4.78 is 11.1. The van der Waals surface area contributed by atoms with Crippen LogP contribution in [0.3, 0.4) is 0 Å². The first-order valence-electron chi connectivity index (χ1n) is 10.2. The SMILES string of the molecule is COc1cccc2c1C1=C/C(=C3/C=C4c5c(cccc5OC)C=CN4C3=O)C(=O)N1C=C2. The Balaban J connectivity index is 1.55. The minimum atomic E-state index is -0.239. The second-order valence-electron chi connectivity index (χ2n) is 7.72. The van der Waals surface area contributed by atoms with Crippen molar-refractivity contribution in [1.82, 2.24) is 9.80 Å². The van der Waals surface area contributed by atoms with Gasteiger partial charge in [0.1, 0.15) is 11.5 Å². The minimum Gasteiger partial charge on any atom is -0.496 e. The largest absolute Gasteiger partial charge is 0.496 e. The molecule has 0 fully saturated rings. The fraction of sp³-hybridized carbons (Fsp3) is 0.0769. The van der Waals surface area contributed by atoms with E-state index >= 15 is 0 Å². The number of carbonyl (C=O) groups excluding carboxylic acids is 2. The molecule has 2 aromatic carbocycles. The summed E-state index contributed by atoms with van der Waals surface area (Å²) in [6.45, 7) is 0. The van der Waals surface area contributed by atoms with E-state index in [4.69, 9.17) is 9.47 Å². The molecule has 0 N–H and O–H groups in total. The van der Waals surface area contributed by atoms with Crippen LogP contribution in [0.1, 0.15) is 22.3 Å². The number of amides is 2. The molecule has 0 saturated carbocycles. The van der Waals surface area contributed by atoms with Gasteiger partial charge in [-0.15, -0.1) is 0 Å². The first kappa shape index (κ1) is 18.4. The molecule has 156 valence electrons. The smallest absolute Gasteiger partial charge is 0.263 e. The number of methoxy groups -OCH3 is 2. The van der Waals surface area contributed by atoms with Gasteiger partial charge in [-0.1, -0.05) is 24.3 Å². The number of ether oxygens (including phenoxy) is 2. The average Bonchev–Trinajstić information content (AvgIpc) is 3.34. The zero-order chi connectivity index (χ0) is 22.0. The van der Waals surface area contributed by atoms with Crippen LogP contribution in [0.5, 0.6) is 11.5 Å². The van der Waals surface area contributed by atoms with Crippen LogP contribution in [0.25, 0.3) is 23.5 Å². The summed E-state index contributed by atoms with van der Waals surface area (Å²) in [4.78, 5) is 29.8. The molecule has 6 rings (SSSR count). The van der Waals surface area contributed by atoms with E-state index in [9.17, 15) is 9.59 Å². The van der Waals surface area contributed by atoms with Crippen molar-refractivity contribution < 1.29 is 19.1 Å². The third-order valence-electron chi connectivity index (χ3n) is 6.15. The van der Waals surface area contributed by atoms with Crippen LogP contribution in [0.15, 0.2) is 72.1 Å². The normalized spacial score (nSPS) is 19.9. The molecular formula is C26H18N2O4. The number of hydrogen-bond acceptors (Lipinski definition) is 4. The Bertz CT molecular complexity index is 1290. The Hall–Kier alpha value is -4.32. The van der Waals surface area contributed by atoms with E-state index in [-0.39, 0.29) is 11.8 Å². The zero-order valence-electron chi connectivity index (χ0n) is 17.5. The number of carbonyl (C=O) groups is 2. The first-order chi connectivity index (χ1) is 15.6. The Labute approximate surface area is 184 Å². The number of fused-ring (bicyclic) bond motifs is 6. The standard InChI is InChI=1S/C26H18N2O4/c1-31-21-7-3-5-15-9-11-27-19(23(15)21)13-17(25(27)29)18-14-20-24-16(6-4-8-22(24)32-2)10-12-28(20)26(18)30/h3-14H,1-2H3/b18-17+. The molecule has 0 aliphatic carbocycles. The highest BCUT2D eigenvalue weighted by Crippen LogP contribution is 2.45. The van der Waals surface area contributed by atoms with Crippen LogP contribution >= 0.6 is 0 Å². The summed E-state index contributed by atoms with van der Waals surface area (Å²) >= 11 is 0. The quantitative estimate of drug-likeness (QED) is 0.686. The van der Waals surface area contributed by atoms with Gasteiger partial charge < -0.3 is 9.47 Å². The van der Waals surface area contributed by atoms with Crippen LogP contribution < -0.4 is 9.47 Å². The van der Waals surface area contributed by atoms with Crippen molar-refractivity contribution in [3.8, 4) is 11.5 Å². The lowest BCUT2D eigenvalue weighted by Gasteiger charge is -2.24. The molecule has 0 atom stereocenters. The third-order valence-corrected chi connectivity index (χ3v) is 6.15. The molecule has 6 heteroatoms. The van der Waals surface area contributed by atoms with Crippen molar-refractivity contribution in [2.45, 2.75) is 0 Å². The topological polar surface area (TPSA) is 59.1 Å². The molecule has 0 spiro atoms. The molecule has 4 aliphatic rings. The summed E-state index contributed by atoms with van der Waals surface area (Å²) in [5.74, 6) is 0.878. The average molecular weight is 422 g/mol. The van der Waals surface area contributed by atoms with Gasteiger partial charge in [0.15, 0.2) is 0 Å². The molecule has 4 heterocycles. The van der Waals surface area contributed by atoms with Crippen molar-refractivity contribution in [2.24, 2.45) is 0 Å². The van der Waals surface area contributed by atoms with E-state index in [1.807, 2.05) is 48.6 Å². The van der Waals surface area contributed by atoms with Gasteiger partial charge in [-0.3, -0.25) is 19.4 Å². The highest BCUT2D eigenvalue weighted by molar-refractivity contribution is 6.20. The van der Waals surface area contributed by atoms with Gasteiger partial charge in [-0.25, -0.2) is 0 Å². The second kappa shape index (κ2) is 6.59. The van der Waals surface area contributed by atoms with E-state index in [0.29, 0.717) is 34.0 Å². The summed E-state index contributed by atoms with van der Waals surface area (Å²) in [6.07, 6.45) is 10.8. The molecule has 0 radical (unpaired) electrons. The Kier molecular flexibility index (Phi) is 3.80. The van der Waals surface area contributed by atoms with Gasteiger partial charge in [0.05, 0.1) is 36.8 Å². The van der Waals surface area contributed by atoms with E-state index in [1.54, 1.807) is 48.6 Å². The zero-order valence-corrected chi connectivity index (χ0v) is 17.5. The molecule has 6 nitrogen and oxygen atoms in total. The van der Waals surface area contributed by atoms with E-state index < -0.39 is 0 Å². The van der Waals surface area contributed by atoms with Gasteiger partial charge in [0.2, 0.25) is 0 Å². The van der Waals surface area contributed by atoms with Crippen molar-refractivity contribution in [1.29, 1.82) is 0 Å². The maximum Gasteiger partial charge on any atom is 0.263 e. The van der Waals surface area contributed by atoms with E-state index in [0.717, 1.165) is 22.3 Å². The Morgan fingerprint density at radius 3 is 1.50 bits per heavy atom. The van der Waals surface area contributed by atoms with Crippen molar-refractivity contribution in [3.63, 3.8) is 0 Å². The van der Waals surface area contributed by atoms with Crippen LogP contribution in [-0.2, 0) is 9.59 Å². The van der Waals surface area contributed by atoms with Gasteiger partial charge in [-0.2, -0.15) is 0 Å². The molecule has 0 bridgehead atoms. The second-order valence-corrected chi connectivity index (χ2v) is 7.72. The number of benzene rings is 2. The summed E-state index contributed by atoms with van der Waals surface area (Å²) in [5, 5.41) is 0. The lowest BCUT2D eigenvalue weighted by molar-refractivity contribution is -0.123. The number of rotatable bonds is 2. The summed E-state index contributed by atoms with van der Waals surface area (Å²) in [6, 6.07) is 11.5. The van der Waals surface area contributed by atoms with Crippen molar-refractivity contribution >= 4 is 35.4 Å². The molecule has 4 aliphatic heterocycles. The molecule has 0 saturated heterocycles. The number of nitrogens with zero attached hydrogens (tertiary/aromatic N) is 2. The Morgan fingerprint density at radius 2 is 1.09 bits per heavy atom. The molecule has 2 amide bonds. The maximum absolute atomic E-state index is 13.3. The van der Waals surface area contributed by atoms with Crippen LogP contribution in [0.2, 0.25) is 0 Å². The fourth-order valence-electron chi connectivity index (χ4n) is 4.65. The lowest BCUT2D eigenvalue weighted by Crippen LogP contribution is -2.25. The molecule has 2 aromatic rings. The Morgan fingerprint density at radius 1 is 0.656 bits per heavy atom. The minimum absolute atomic E-state index is 0.239. The number of hydrogen-bond donors (Lipinski definition) is 0. The van der Waals surface area contributed by atoms with Crippen molar-refractivity contribution in [3.05, 3.63) is 94.4 Å². The predicted molar refractivity (Wildman–Crippen MR) is 121 cm³/mol. The summed E-state index contributed by atoms with van der Waals surface area (Å²) in [7, 11) is 3.21. The van der Waals surface area contributed by atoms with Gasteiger partial charge >= 0.3 is 0 Å². The highest BCUT2D eigenvalue weighted by atomic mass is 16.5. The highest BCUT2D eigenvalue weighted by Gasteiger charge is 2.39. The fourth-order valence-corrected chi connectivity index (χ4v) is 4.65. The monoisotopic (exact) mass is 422 g/mol.